The van der Waals surface area contributed by atoms with Gasteiger partial charge in [-0.15, -0.1) is 0 Å². The van der Waals surface area contributed by atoms with Crippen molar-refractivity contribution in [2.75, 3.05) is 0 Å². The van der Waals surface area contributed by atoms with Gasteiger partial charge >= 0.3 is 0 Å². The number of aromatic amines is 1. The first kappa shape index (κ1) is 17.1. The van der Waals surface area contributed by atoms with Crippen molar-refractivity contribution in [1.29, 1.82) is 0 Å². The second-order valence-electron chi connectivity index (χ2n) is 5.41. The number of aliphatic hydroxyl groups is 1. The van der Waals surface area contributed by atoms with Gasteiger partial charge in [-0.1, -0.05) is 19.4 Å². The Hall–Kier alpha value is -2.28. The maximum Gasteiger partial charge on any atom is 0.272 e. The minimum atomic E-state index is -1.16. The average molecular weight is 323 g/mol. The van der Waals surface area contributed by atoms with E-state index in [1.807, 2.05) is 6.92 Å². The molecule has 0 aliphatic carbocycles. The van der Waals surface area contributed by atoms with Gasteiger partial charge in [0.15, 0.2) is 11.6 Å². The third-order valence-electron chi connectivity index (χ3n) is 3.50. The highest BCUT2D eigenvalue weighted by Crippen LogP contribution is 2.19. The average Bonchev–Trinajstić information content (AvgIpc) is 2.98. The molecule has 2 rings (SSSR count). The lowest BCUT2D eigenvalue weighted by molar-refractivity contribution is 0.0846. The van der Waals surface area contributed by atoms with Gasteiger partial charge in [0.25, 0.3) is 5.91 Å². The normalized spacial score (nSPS) is 13.6. The number of benzene rings is 1. The van der Waals surface area contributed by atoms with Crippen LogP contribution in [0.3, 0.4) is 0 Å². The molecule has 0 bridgehead atoms. The van der Waals surface area contributed by atoms with Crippen LogP contribution in [0.5, 0.6) is 0 Å². The van der Waals surface area contributed by atoms with Gasteiger partial charge in [0.2, 0.25) is 0 Å². The maximum atomic E-state index is 13.2. The molecule has 1 amide bonds. The van der Waals surface area contributed by atoms with Crippen molar-refractivity contribution in [2.45, 2.75) is 38.8 Å². The molecule has 124 valence electrons. The molecule has 1 aromatic heterocycles. The highest BCUT2D eigenvalue weighted by molar-refractivity contribution is 5.92. The number of rotatable bonds is 6. The largest absolute Gasteiger partial charge is 0.386 e. The van der Waals surface area contributed by atoms with Crippen LogP contribution in [0.4, 0.5) is 8.78 Å². The van der Waals surface area contributed by atoms with Crippen molar-refractivity contribution in [1.82, 2.24) is 15.5 Å². The van der Waals surface area contributed by atoms with E-state index in [0.717, 1.165) is 30.7 Å². The number of hydrogen-bond acceptors (Lipinski definition) is 3. The first-order chi connectivity index (χ1) is 10.9. The molecule has 0 saturated carbocycles. The number of aromatic nitrogens is 2. The van der Waals surface area contributed by atoms with E-state index in [2.05, 4.69) is 15.5 Å². The van der Waals surface area contributed by atoms with Crippen LogP contribution in [-0.4, -0.2) is 27.3 Å². The van der Waals surface area contributed by atoms with Crippen LogP contribution in [0.2, 0.25) is 0 Å². The van der Waals surface area contributed by atoms with Gasteiger partial charge in [-0.2, -0.15) is 5.10 Å². The molecule has 0 aliphatic heterocycles. The molecule has 0 spiro atoms. The molecule has 1 aromatic carbocycles. The Morgan fingerprint density at radius 3 is 2.74 bits per heavy atom. The number of H-pyrrole nitrogens is 1. The second kappa shape index (κ2) is 7.32. The van der Waals surface area contributed by atoms with E-state index in [1.165, 1.54) is 6.07 Å². The molecule has 0 saturated heterocycles. The number of amides is 1. The number of hydrogen-bond donors (Lipinski definition) is 3. The number of aliphatic hydroxyl groups excluding tert-OH is 1. The number of nitrogens with one attached hydrogen (secondary N) is 2. The Labute approximate surface area is 132 Å². The molecule has 0 aliphatic rings. The third kappa shape index (κ3) is 4.13. The lowest BCUT2D eigenvalue weighted by atomic mass is 10.0. The molecule has 2 atom stereocenters. The van der Waals surface area contributed by atoms with Gasteiger partial charge in [-0.05, 0) is 37.1 Å². The zero-order chi connectivity index (χ0) is 17.0. The monoisotopic (exact) mass is 323 g/mol. The minimum Gasteiger partial charge on any atom is -0.386 e. The van der Waals surface area contributed by atoms with E-state index < -0.39 is 29.7 Å². The summed E-state index contributed by atoms with van der Waals surface area (Å²) in [4.78, 5) is 12.1. The predicted molar refractivity (Wildman–Crippen MR) is 80.8 cm³/mol. The zero-order valence-electron chi connectivity index (χ0n) is 12.9. The van der Waals surface area contributed by atoms with E-state index in [0.29, 0.717) is 0 Å². The van der Waals surface area contributed by atoms with Crippen molar-refractivity contribution in [3.8, 4) is 0 Å². The number of aryl methyl sites for hydroxylation is 1. The number of nitrogens with zero attached hydrogens (tertiary/aromatic N) is 1. The van der Waals surface area contributed by atoms with Gasteiger partial charge in [0, 0.05) is 5.69 Å². The Balaban J connectivity index is 2.03. The topological polar surface area (TPSA) is 78.0 Å². The summed E-state index contributed by atoms with van der Waals surface area (Å²) in [5.74, 6) is -2.48. The number of halogens is 2. The maximum absolute atomic E-state index is 13.2. The molecule has 2 unspecified atom stereocenters. The highest BCUT2D eigenvalue weighted by atomic mass is 19.2. The molecule has 0 fully saturated rings. The molecule has 23 heavy (non-hydrogen) atoms. The zero-order valence-corrected chi connectivity index (χ0v) is 12.9. The summed E-state index contributed by atoms with van der Waals surface area (Å²) >= 11 is 0. The SMILES string of the molecule is CCCc1cc(C(=O)NC(C)C(O)c2ccc(F)c(F)c2)n[nH]1. The lowest BCUT2D eigenvalue weighted by Gasteiger charge is -2.20. The highest BCUT2D eigenvalue weighted by Gasteiger charge is 2.21. The fourth-order valence-electron chi connectivity index (χ4n) is 2.22. The van der Waals surface area contributed by atoms with Crippen LogP contribution < -0.4 is 5.32 Å². The Bertz CT molecular complexity index is 688. The van der Waals surface area contributed by atoms with E-state index in [4.69, 9.17) is 0 Å². The van der Waals surface area contributed by atoms with E-state index in [1.54, 1.807) is 13.0 Å². The molecule has 2 aromatic rings. The van der Waals surface area contributed by atoms with Gasteiger partial charge in [-0.3, -0.25) is 9.89 Å². The van der Waals surface area contributed by atoms with Crippen LogP contribution in [0.15, 0.2) is 24.3 Å². The van der Waals surface area contributed by atoms with Crippen molar-refractivity contribution in [3.05, 3.63) is 52.9 Å². The molecular formula is C16H19F2N3O2. The lowest BCUT2D eigenvalue weighted by Crippen LogP contribution is -2.37. The summed E-state index contributed by atoms with van der Waals surface area (Å²) < 4.78 is 26.1. The molecule has 5 nitrogen and oxygen atoms in total. The minimum absolute atomic E-state index is 0.186. The van der Waals surface area contributed by atoms with Crippen molar-refractivity contribution < 1.29 is 18.7 Å². The van der Waals surface area contributed by atoms with Crippen molar-refractivity contribution >= 4 is 5.91 Å². The number of carbonyl (C=O) groups is 1. The second-order valence-corrected chi connectivity index (χ2v) is 5.41. The van der Waals surface area contributed by atoms with Crippen LogP contribution in [0, 0.1) is 11.6 Å². The van der Waals surface area contributed by atoms with Crippen LogP contribution in [0.1, 0.15) is 48.1 Å². The molecule has 0 radical (unpaired) electrons. The molecule has 3 N–H and O–H groups in total. The van der Waals surface area contributed by atoms with Crippen molar-refractivity contribution in [2.24, 2.45) is 0 Å². The Kier molecular flexibility index (Phi) is 5.44. The van der Waals surface area contributed by atoms with Crippen LogP contribution >= 0.6 is 0 Å². The quantitative estimate of drug-likeness (QED) is 0.764. The van der Waals surface area contributed by atoms with Gasteiger partial charge in [-0.25, -0.2) is 8.78 Å². The summed E-state index contributed by atoms with van der Waals surface area (Å²) in [6.07, 6.45) is 0.546. The Morgan fingerprint density at radius 2 is 2.09 bits per heavy atom. The summed E-state index contributed by atoms with van der Waals surface area (Å²) in [7, 11) is 0. The van der Waals surface area contributed by atoms with Crippen molar-refractivity contribution in [3.63, 3.8) is 0 Å². The van der Waals surface area contributed by atoms with E-state index >= 15 is 0 Å². The first-order valence-corrected chi connectivity index (χ1v) is 7.40. The van der Waals surface area contributed by atoms with Gasteiger partial charge < -0.3 is 10.4 Å². The molecular weight excluding hydrogens is 304 g/mol. The summed E-state index contributed by atoms with van der Waals surface area (Å²) in [5, 5.41) is 19.4. The predicted octanol–water partition coefficient (Wildman–Crippen LogP) is 2.49. The Morgan fingerprint density at radius 1 is 1.35 bits per heavy atom. The van der Waals surface area contributed by atoms with Gasteiger partial charge in [0.1, 0.15) is 5.69 Å². The fourth-order valence-corrected chi connectivity index (χ4v) is 2.22. The fraction of sp³-hybridized carbons (Fsp3) is 0.375. The van der Waals surface area contributed by atoms with Crippen LogP contribution in [0.25, 0.3) is 0 Å². The number of carbonyl (C=O) groups excluding carboxylic acids is 1. The summed E-state index contributed by atoms with van der Waals surface area (Å²) in [6, 6.07) is 4.08. The van der Waals surface area contributed by atoms with Gasteiger partial charge in [0.05, 0.1) is 12.1 Å². The smallest absolute Gasteiger partial charge is 0.272 e. The first-order valence-electron chi connectivity index (χ1n) is 7.40. The van der Waals surface area contributed by atoms with E-state index in [9.17, 15) is 18.7 Å². The third-order valence-corrected chi connectivity index (χ3v) is 3.50. The van der Waals surface area contributed by atoms with Crippen LogP contribution in [-0.2, 0) is 6.42 Å². The molecule has 1 heterocycles. The standard InChI is InChI=1S/C16H19F2N3O2/c1-3-4-11-8-14(21-20-11)16(23)19-9(2)15(22)10-5-6-12(17)13(18)7-10/h5-9,15,22H,3-4H2,1-2H3,(H,19,23)(H,20,21). The molecule has 7 heteroatoms. The summed E-state index contributed by atoms with van der Waals surface area (Å²) in [5.41, 5.74) is 1.26. The van der Waals surface area contributed by atoms with E-state index in [-0.39, 0.29) is 11.3 Å². The summed E-state index contributed by atoms with van der Waals surface area (Å²) in [6.45, 7) is 3.59.